The molecule has 1 aromatic heterocycles. The molecule has 0 saturated carbocycles. The zero-order valence-corrected chi connectivity index (χ0v) is 10.5. The van der Waals surface area contributed by atoms with E-state index in [2.05, 4.69) is 4.98 Å². The number of nitrogens with two attached hydrogens (primary N) is 1. The van der Waals surface area contributed by atoms with Gasteiger partial charge in [0.05, 0.1) is 12.3 Å². The highest BCUT2D eigenvalue weighted by Gasteiger charge is 2.08. The molecule has 0 bridgehead atoms. The molecule has 1 heterocycles. The van der Waals surface area contributed by atoms with Gasteiger partial charge in [-0.15, -0.1) is 0 Å². The molecule has 0 aliphatic rings. The van der Waals surface area contributed by atoms with Crippen LogP contribution in [0.1, 0.15) is 12.6 Å². The molecule has 0 aliphatic carbocycles. The van der Waals surface area contributed by atoms with Crippen LogP contribution in [0.25, 0.3) is 0 Å². The molecular weight excluding hydrogens is 228 g/mol. The van der Waals surface area contributed by atoms with Crippen molar-refractivity contribution in [1.82, 2.24) is 4.98 Å². The predicted octanol–water partition coefficient (Wildman–Crippen LogP) is 3.16. The van der Waals surface area contributed by atoms with Crippen molar-refractivity contribution in [3.05, 3.63) is 42.1 Å². The first-order valence-electron chi connectivity index (χ1n) is 5.83. The van der Waals surface area contributed by atoms with Crippen LogP contribution < -0.4 is 15.2 Å². The Morgan fingerprint density at radius 1 is 1.11 bits per heavy atom. The van der Waals surface area contributed by atoms with Crippen LogP contribution in [0.5, 0.6) is 17.4 Å². The van der Waals surface area contributed by atoms with Crippen molar-refractivity contribution in [2.45, 2.75) is 13.8 Å². The van der Waals surface area contributed by atoms with Gasteiger partial charge in [0.25, 0.3) is 0 Å². The van der Waals surface area contributed by atoms with Gasteiger partial charge in [0.1, 0.15) is 0 Å². The first-order valence-corrected chi connectivity index (χ1v) is 5.83. The second-order valence-corrected chi connectivity index (χ2v) is 3.83. The molecule has 18 heavy (non-hydrogen) atoms. The van der Waals surface area contributed by atoms with E-state index in [0.717, 1.165) is 5.69 Å². The van der Waals surface area contributed by atoms with Gasteiger partial charge in [-0.1, -0.05) is 12.1 Å². The van der Waals surface area contributed by atoms with Gasteiger partial charge in [-0.2, -0.15) is 0 Å². The lowest BCUT2D eigenvalue weighted by Gasteiger charge is -2.12. The van der Waals surface area contributed by atoms with Crippen LogP contribution in [0.2, 0.25) is 0 Å². The first kappa shape index (κ1) is 12.2. The van der Waals surface area contributed by atoms with Gasteiger partial charge in [0, 0.05) is 5.69 Å². The molecule has 0 radical (unpaired) electrons. The average Bonchev–Trinajstić information content (AvgIpc) is 2.36. The number of aryl methyl sites for hydroxylation is 1. The molecule has 2 N–H and O–H groups in total. The van der Waals surface area contributed by atoms with Crippen molar-refractivity contribution >= 4 is 5.69 Å². The van der Waals surface area contributed by atoms with Gasteiger partial charge >= 0.3 is 0 Å². The van der Waals surface area contributed by atoms with Crippen molar-refractivity contribution in [2.75, 3.05) is 12.3 Å². The normalized spacial score (nSPS) is 10.1. The van der Waals surface area contributed by atoms with E-state index in [-0.39, 0.29) is 0 Å². The van der Waals surface area contributed by atoms with Crippen molar-refractivity contribution < 1.29 is 9.47 Å². The molecule has 2 aromatic rings. The first-order chi connectivity index (χ1) is 8.70. The minimum atomic E-state index is 0.405. The Morgan fingerprint density at radius 2 is 1.83 bits per heavy atom. The Balaban J connectivity index is 2.30. The monoisotopic (exact) mass is 244 g/mol. The summed E-state index contributed by atoms with van der Waals surface area (Å²) in [5.41, 5.74) is 7.19. The van der Waals surface area contributed by atoms with Crippen molar-refractivity contribution in [2.24, 2.45) is 0 Å². The number of hydrogen-bond acceptors (Lipinski definition) is 4. The molecule has 1 aromatic carbocycles. The molecule has 0 spiro atoms. The van der Waals surface area contributed by atoms with E-state index in [9.17, 15) is 0 Å². The summed E-state index contributed by atoms with van der Waals surface area (Å²) in [5, 5.41) is 0. The smallest absolute Gasteiger partial charge is 0.243 e. The molecule has 0 fully saturated rings. The summed E-state index contributed by atoms with van der Waals surface area (Å²) in [6.07, 6.45) is 0. The number of pyridine rings is 1. The molecule has 0 atom stereocenters. The summed E-state index contributed by atoms with van der Waals surface area (Å²) < 4.78 is 11.2. The fourth-order valence-electron chi connectivity index (χ4n) is 1.54. The van der Waals surface area contributed by atoms with E-state index in [1.54, 1.807) is 6.07 Å². The number of para-hydroxylation sites is 2. The number of nitrogens with zero attached hydrogens (tertiary/aromatic N) is 1. The zero-order chi connectivity index (χ0) is 13.0. The van der Waals surface area contributed by atoms with Crippen molar-refractivity contribution in [3.8, 4) is 17.4 Å². The van der Waals surface area contributed by atoms with Crippen LogP contribution in [0.4, 0.5) is 5.69 Å². The predicted molar refractivity (Wildman–Crippen MR) is 71.1 cm³/mol. The summed E-state index contributed by atoms with van der Waals surface area (Å²) >= 11 is 0. The van der Waals surface area contributed by atoms with Crippen LogP contribution in [-0.2, 0) is 0 Å². The topological polar surface area (TPSA) is 57.4 Å². The molecule has 4 nitrogen and oxygen atoms in total. The lowest BCUT2D eigenvalue weighted by Crippen LogP contribution is -1.99. The van der Waals surface area contributed by atoms with Crippen LogP contribution in [0, 0.1) is 6.92 Å². The lowest BCUT2D eigenvalue weighted by molar-refractivity contribution is 0.319. The number of hydrogen-bond donors (Lipinski definition) is 1. The largest absolute Gasteiger partial charge is 0.490 e. The van der Waals surface area contributed by atoms with E-state index in [0.29, 0.717) is 29.7 Å². The number of aromatic nitrogens is 1. The van der Waals surface area contributed by atoms with Crippen molar-refractivity contribution in [3.63, 3.8) is 0 Å². The van der Waals surface area contributed by atoms with Gasteiger partial charge in [-0.25, -0.2) is 4.98 Å². The fourth-order valence-corrected chi connectivity index (χ4v) is 1.54. The summed E-state index contributed by atoms with van der Waals surface area (Å²) in [6.45, 7) is 4.40. The minimum Gasteiger partial charge on any atom is -0.490 e. The molecular formula is C14H16N2O2. The molecule has 4 heteroatoms. The average molecular weight is 244 g/mol. The molecule has 94 valence electrons. The highest BCUT2D eigenvalue weighted by Crippen LogP contribution is 2.32. The van der Waals surface area contributed by atoms with Crippen LogP contribution in [0.3, 0.4) is 0 Å². The Morgan fingerprint density at radius 3 is 2.56 bits per heavy atom. The van der Waals surface area contributed by atoms with E-state index in [1.165, 1.54) is 0 Å². The van der Waals surface area contributed by atoms with E-state index in [1.807, 2.05) is 44.2 Å². The van der Waals surface area contributed by atoms with Gasteiger partial charge in [-0.05, 0) is 38.1 Å². The number of nitrogen functional groups attached to an aromatic ring is 1. The Bertz CT molecular complexity index is 541. The number of benzene rings is 1. The quantitative estimate of drug-likeness (QED) is 0.897. The highest BCUT2D eigenvalue weighted by atomic mass is 16.5. The van der Waals surface area contributed by atoms with E-state index < -0.39 is 0 Å². The molecule has 0 saturated heterocycles. The molecule has 0 unspecified atom stereocenters. The summed E-state index contributed by atoms with van der Waals surface area (Å²) in [7, 11) is 0. The van der Waals surface area contributed by atoms with Crippen LogP contribution >= 0.6 is 0 Å². The third-order valence-electron chi connectivity index (χ3n) is 2.38. The minimum absolute atomic E-state index is 0.405. The third-order valence-corrected chi connectivity index (χ3v) is 2.38. The van der Waals surface area contributed by atoms with Gasteiger partial charge in [0.2, 0.25) is 5.88 Å². The molecule has 2 rings (SSSR count). The van der Waals surface area contributed by atoms with E-state index >= 15 is 0 Å². The second kappa shape index (κ2) is 5.40. The number of ether oxygens (including phenoxy) is 2. The summed E-state index contributed by atoms with van der Waals surface area (Å²) in [4.78, 5) is 4.27. The standard InChI is InChI=1S/C14H16N2O2/c1-3-17-12-6-4-5-7-13(12)18-14-11(15)9-8-10(2)16-14/h4-9H,3,15H2,1-2H3. The summed E-state index contributed by atoms with van der Waals surface area (Å²) in [5.74, 6) is 1.70. The fraction of sp³-hybridized carbons (Fsp3) is 0.214. The Hall–Kier alpha value is -2.23. The number of anilines is 1. The van der Waals surface area contributed by atoms with Gasteiger partial charge in [0.15, 0.2) is 11.5 Å². The maximum absolute atomic E-state index is 5.83. The van der Waals surface area contributed by atoms with Crippen LogP contribution in [0.15, 0.2) is 36.4 Å². The maximum Gasteiger partial charge on any atom is 0.243 e. The highest BCUT2D eigenvalue weighted by molar-refractivity contribution is 5.51. The lowest BCUT2D eigenvalue weighted by atomic mass is 10.3. The molecule has 0 aliphatic heterocycles. The zero-order valence-electron chi connectivity index (χ0n) is 10.5. The molecule has 0 amide bonds. The van der Waals surface area contributed by atoms with E-state index in [4.69, 9.17) is 15.2 Å². The SMILES string of the molecule is CCOc1ccccc1Oc1nc(C)ccc1N. The maximum atomic E-state index is 5.83. The van der Waals surface area contributed by atoms with Gasteiger partial charge < -0.3 is 15.2 Å². The van der Waals surface area contributed by atoms with Crippen LogP contribution in [-0.4, -0.2) is 11.6 Å². The summed E-state index contributed by atoms with van der Waals surface area (Å²) in [6, 6.07) is 11.1. The van der Waals surface area contributed by atoms with Gasteiger partial charge in [-0.3, -0.25) is 0 Å². The van der Waals surface area contributed by atoms with Crippen molar-refractivity contribution in [1.29, 1.82) is 0 Å². The third kappa shape index (κ3) is 2.71. The Kier molecular flexibility index (Phi) is 3.67. The Labute approximate surface area is 106 Å². The second-order valence-electron chi connectivity index (χ2n) is 3.83. The number of rotatable bonds is 4.